The van der Waals surface area contributed by atoms with Crippen LogP contribution in [0.5, 0.6) is 5.75 Å². The Hall–Kier alpha value is -1.84. The monoisotopic (exact) mass is 273 g/mol. The number of hydrogen-bond donors (Lipinski definition) is 0. The number of benzene rings is 1. The van der Waals surface area contributed by atoms with Gasteiger partial charge >= 0.3 is 0 Å². The molecule has 0 aliphatic carbocycles. The second kappa shape index (κ2) is 5.27. The third-order valence-electron chi connectivity index (χ3n) is 4.34. The van der Waals surface area contributed by atoms with Crippen molar-refractivity contribution < 1.29 is 14.3 Å². The number of Topliss-reactive ketones (excluding diaryl/α,β-unsaturated/α-hetero) is 1. The third kappa shape index (κ3) is 2.30. The van der Waals surface area contributed by atoms with E-state index in [0.717, 1.165) is 19.3 Å². The van der Waals surface area contributed by atoms with Crippen LogP contribution in [0.2, 0.25) is 0 Å². The average Bonchev–Trinajstić information content (AvgIpc) is 2.45. The summed E-state index contributed by atoms with van der Waals surface area (Å²) < 4.78 is 5.18. The summed E-state index contributed by atoms with van der Waals surface area (Å²) in [5.41, 5.74) is 0.649. The van der Waals surface area contributed by atoms with Crippen LogP contribution in [-0.2, 0) is 4.79 Å². The molecule has 0 spiro atoms. The largest absolute Gasteiger partial charge is 0.497 e. The predicted molar refractivity (Wildman–Crippen MR) is 74.8 cm³/mol. The summed E-state index contributed by atoms with van der Waals surface area (Å²) >= 11 is 0. The zero-order valence-electron chi connectivity index (χ0n) is 11.7. The SMILES string of the molecule is COc1cccc(C(=O)N2C3CCCC2CC(=O)C3)c1. The lowest BCUT2D eigenvalue weighted by Crippen LogP contribution is -2.54. The molecule has 0 radical (unpaired) electrons. The fourth-order valence-electron chi connectivity index (χ4n) is 3.41. The van der Waals surface area contributed by atoms with E-state index in [1.54, 1.807) is 13.2 Å². The standard InChI is InChI=1S/C16H19NO3/c1-20-15-7-2-4-11(8-15)16(19)17-12-5-3-6-13(17)10-14(18)9-12/h2,4,7-8,12-13H,3,5-6,9-10H2,1H3. The van der Waals surface area contributed by atoms with E-state index in [1.807, 2.05) is 23.1 Å². The maximum Gasteiger partial charge on any atom is 0.254 e. The summed E-state index contributed by atoms with van der Waals surface area (Å²) in [7, 11) is 1.60. The number of amides is 1. The Balaban J connectivity index is 1.87. The molecule has 1 amide bonds. The molecule has 2 aliphatic rings. The second-order valence-electron chi connectivity index (χ2n) is 5.63. The van der Waals surface area contributed by atoms with Gasteiger partial charge in [-0.2, -0.15) is 0 Å². The van der Waals surface area contributed by atoms with Gasteiger partial charge in [0.25, 0.3) is 5.91 Å². The van der Waals surface area contributed by atoms with E-state index in [2.05, 4.69) is 0 Å². The lowest BCUT2D eigenvalue weighted by molar-refractivity contribution is -0.125. The van der Waals surface area contributed by atoms with E-state index in [0.29, 0.717) is 29.9 Å². The molecule has 2 bridgehead atoms. The topological polar surface area (TPSA) is 46.6 Å². The molecular weight excluding hydrogens is 254 g/mol. The van der Waals surface area contributed by atoms with Gasteiger partial charge in [0.15, 0.2) is 0 Å². The van der Waals surface area contributed by atoms with Crippen molar-refractivity contribution in [3.05, 3.63) is 29.8 Å². The minimum absolute atomic E-state index is 0.0334. The van der Waals surface area contributed by atoms with Crippen molar-refractivity contribution in [3.8, 4) is 5.75 Å². The number of piperidine rings is 2. The van der Waals surface area contributed by atoms with Gasteiger partial charge in [0, 0.05) is 30.5 Å². The zero-order valence-corrected chi connectivity index (χ0v) is 11.7. The van der Waals surface area contributed by atoms with E-state index in [1.165, 1.54) is 0 Å². The molecule has 20 heavy (non-hydrogen) atoms. The number of rotatable bonds is 2. The van der Waals surface area contributed by atoms with Crippen molar-refractivity contribution in [2.45, 2.75) is 44.2 Å². The smallest absolute Gasteiger partial charge is 0.254 e. The molecule has 2 fully saturated rings. The second-order valence-corrected chi connectivity index (χ2v) is 5.63. The van der Waals surface area contributed by atoms with Gasteiger partial charge in [-0.1, -0.05) is 6.07 Å². The summed E-state index contributed by atoms with van der Waals surface area (Å²) in [6.07, 6.45) is 4.04. The zero-order chi connectivity index (χ0) is 14.1. The highest BCUT2D eigenvalue weighted by atomic mass is 16.5. The molecule has 0 N–H and O–H groups in total. The molecule has 3 rings (SSSR count). The van der Waals surface area contributed by atoms with Gasteiger partial charge in [-0.3, -0.25) is 9.59 Å². The first kappa shape index (κ1) is 13.2. The lowest BCUT2D eigenvalue weighted by atomic mass is 9.83. The first-order chi connectivity index (χ1) is 9.69. The molecule has 0 aromatic heterocycles. The van der Waals surface area contributed by atoms with Crippen molar-refractivity contribution in [3.63, 3.8) is 0 Å². The Bertz CT molecular complexity index is 524. The minimum atomic E-state index is 0.0334. The number of nitrogens with zero attached hydrogens (tertiary/aromatic N) is 1. The number of carbonyl (C=O) groups excluding carboxylic acids is 2. The lowest BCUT2D eigenvalue weighted by Gasteiger charge is -2.45. The van der Waals surface area contributed by atoms with Crippen LogP contribution in [0.15, 0.2) is 24.3 Å². The van der Waals surface area contributed by atoms with Gasteiger partial charge in [-0.15, -0.1) is 0 Å². The molecule has 2 saturated heterocycles. The van der Waals surface area contributed by atoms with E-state index >= 15 is 0 Å². The highest BCUT2D eigenvalue weighted by Crippen LogP contribution is 2.33. The predicted octanol–water partition coefficient (Wildman–Crippen LogP) is 2.42. The van der Waals surface area contributed by atoms with Crippen molar-refractivity contribution in [1.29, 1.82) is 0 Å². The molecule has 2 heterocycles. The number of ether oxygens (including phenoxy) is 1. The molecule has 1 aromatic carbocycles. The van der Waals surface area contributed by atoms with Gasteiger partial charge < -0.3 is 9.64 Å². The highest BCUT2D eigenvalue weighted by Gasteiger charge is 2.40. The average molecular weight is 273 g/mol. The summed E-state index contributed by atoms with van der Waals surface area (Å²) in [5, 5.41) is 0. The quantitative estimate of drug-likeness (QED) is 0.831. The molecule has 4 heteroatoms. The molecule has 2 atom stereocenters. The van der Waals surface area contributed by atoms with Crippen LogP contribution in [0.4, 0.5) is 0 Å². The molecule has 2 unspecified atom stereocenters. The van der Waals surface area contributed by atoms with Crippen LogP contribution in [-0.4, -0.2) is 35.8 Å². The van der Waals surface area contributed by atoms with Gasteiger partial charge in [0.05, 0.1) is 7.11 Å². The van der Waals surface area contributed by atoms with Gasteiger partial charge in [0.1, 0.15) is 11.5 Å². The van der Waals surface area contributed by atoms with Crippen LogP contribution in [0.25, 0.3) is 0 Å². The molecule has 2 aliphatic heterocycles. The molecule has 0 saturated carbocycles. The van der Waals surface area contributed by atoms with Gasteiger partial charge in [0.2, 0.25) is 0 Å². The first-order valence-corrected chi connectivity index (χ1v) is 7.17. The maximum absolute atomic E-state index is 12.7. The third-order valence-corrected chi connectivity index (χ3v) is 4.34. The Morgan fingerprint density at radius 2 is 1.95 bits per heavy atom. The number of methoxy groups -OCH3 is 1. The van der Waals surface area contributed by atoms with Crippen LogP contribution in [0.3, 0.4) is 0 Å². The number of fused-ring (bicyclic) bond motifs is 2. The summed E-state index contributed by atoms with van der Waals surface area (Å²) in [4.78, 5) is 26.4. The summed E-state index contributed by atoms with van der Waals surface area (Å²) in [5.74, 6) is 1.02. The molecule has 106 valence electrons. The van der Waals surface area contributed by atoms with E-state index in [-0.39, 0.29) is 18.0 Å². The number of hydrogen-bond acceptors (Lipinski definition) is 3. The Kier molecular flexibility index (Phi) is 3.47. The van der Waals surface area contributed by atoms with Crippen LogP contribution < -0.4 is 4.74 Å². The van der Waals surface area contributed by atoms with Crippen LogP contribution in [0.1, 0.15) is 42.5 Å². The Morgan fingerprint density at radius 1 is 1.25 bits per heavy atom. The van der Waals surface area contributed by atoms with Gasteiger partial charge in [-0.25, -0.2) is 0 Å². The molecular formula is C16H19NO3. The molecule has 4 nitrogen and oxygen atoms in total. The van der Waals surface area contributed by atoms with Crippen molar-refractivity contribution >= 4 is 11.7 Å². The fraction of sp³-hybridized carbons (Fsp3) is 0.500. The summed E-state index contributed by atoms with van der Waals surface area (Å²) in [6.45, 7) is 0. The Labute approximate surface area is 118 Å². The molecule has 1 aromatic rings. The fourth-order valence-corrected chi connectivity index (χ4v) is 3.41. The highest BCUT2D eigenvalue weighted by molar-refractivity contribution is 5.96. The van der Waals surface area contributed by atoms with Crippen LogP contribution >= 0.6 is 0 Å². The number of carbonyl (C=O) groups is 2. The Morgan fingerprint density at radius 3 is 2.60 bits per heavy atom. The minimum Gasteiger partial charge on any atom is -0.497 e. The van der Waals surface area contributed by atoms with Crippen molar-refractivity contribution in [1.82, 2.24) is 4.90 Å². The normalized spacial score (nSPS) is 25.4. The summed E-state index contributed by atoms with van der Waals surface area (Å²) in [6, 6.07) is 7.43. The van der Waals surface area contributed by atoms with E-state index < -0.39 is 0 Å². The number of ketones is 1. The first-order valence-electron chi connectivity index (χ1n) is 7.17. The van der Waals surface area contributed by atoms with E-state index in [9.17, 15) is 9.59 Å². The van der Waals surface area contributed by atoms with E-state index in [4.69, 9.17) is 4.74 Å². The van der Waals surface area contributed by atoms with Crippen LogP contribution in [0, 0.1) is 0 Å². The van der Waals surface area contributed by atoms with Crippen molar-refractivity contribution in [2.75, 3.05) is 7.11 Å². The van der Waals surface area contributed by atoms with Gasteiger partial charge in [-0.05, 0) is 37.5 Å². The maximum atomic E-state index is 12.7. The van der Waals surface area contributed by atoms with Crippen molar-refractivity contribution in [2.24, 2.45) is 0 Å².